The fourth-order valence-electron chi connectivity index (χ4n) is 3.71. The largest absolute Gasteiger partial charge is 0.480 e. The summed E-state index contributed by atoms with van der Waals surface area (Å²) in [6, 6.07) is 5.33. The molecule has 0 aliphatic rings. The highest BCUT2D eigenvalue weighted by molar-refractivity contribution is 7.98. The summed E-state index contributed by atoms with van der Waals surface area (Å²) in [4.78, 5) is 50.9. The van der Waals surface area contributed by atoms with E-state index < -0.39 is 47.9 Å². The minimum absolute atomic E-state index is 0.0822. The zero-order valence-electron chi connectivity index (χ0n) is 22.1. The lowest BCUT2D eigenvalue weighted by Crippen LogP contribution is -2.57. The van der Waals surface area contributed by atoms with Crippen molar-refractivity contribution in [2.45, 2.75) is 76.5 Å². The Balaban J connectivity index is 3.06. The van der Waals surface area contributed by atoms with Crippen LogP contribution in [0.15, 0.2) is 30.3 Å². The average molecular weight is 538 g/mol. The van der Waals surface area contributed by atoms with Crippen LogP contribution in [0.25, 0.3) is 0 Å². The van der Waals surface area contributed by atoms with Crippen molar-refractivity contribution in [1.82, 2.24) is 16.0 Å². The SMILES string of the molecule is CSCC[C@H](N)C(=O)N[C@@H](CC(C)C)C(=O)N[C@@H](Cc1ccccc1)C(=O)N[C@@H](CCCCN)C(=O)O. The standard InChI is InChI=1S/C26H43N5O5S/c1-17(2)15-21(30-23(32)19(28)12-14-37-3)24(33)31-22(16-18-9-5-4-6-10-18)25(34)29-20(26(35)36)11-7-8-13-27/h4-6,9-10,17,19-22H,7-8,11-16,27-28H2,1-3H3,(H,29,34)(H,30,32)(H,31,33)(H,35,36)/t19-,20-,21-,22-/m0/s1. The Morgan fingerprint density at radius 3 is 2.05 bits per heavy atom. The Hall–Kier alpha value is -2.63. The summed E-state index contributed by atoms with van der Waals surface area (Å²) >= 11 is 1.58. The lowest BCUT2D eigenvalue weighted by Gasteiger charge is -2.26. The monoisotopic (exact) mass is 537 g/mol. The molecule has 0 bridgehead atoms. The van der Waals surface area contributed by atoms with E-state index >= 15 is 0 Å². The predicted octanol–water partition coefficient (Wildman–Crippen LogP) is 1.02. The molecule has 0 saturated heterocycles. The Bertz CT molecular complexity index is 855. The van der Waals surface area contributed by atoms with E-state index in [2.05, 4.69) is 16.0 Å². The Morgan fingerprint density at radius 1 is 0.892 bits per heavy atom. The number of amides is 3. The molecule has 0 spiro atoms. The highest BCUT2D eigenvalue weighted by atomic mass is 32.2. The first-order chi connectivity index (χ1) is 17.6. The van der Waals surface area contributed by atoms with E-state index in [1.165, 1.54) is 0 Å². The van der Waals surface area contributed by atoms with Crippen LogP contribution in [0.5, 0.6) is 0 Å². The number of carbonyl (C=O) groups is 4. The van der Waals surface area contributed by atoms with Crippen LogP contribution < -0.4 is 27.4 Å². The molecule has 0 aromatic heterocycles. The average Bonchev–Trinajstić information content (AvgIpc) is 2.85. The van der Waals surface area contributed by atoms with E-state index in [-0.39, 0.29) is 18.8 Å². The van der Waals surface area contributed by atoms with Crippen LogP contribution in [0.4, 0.5) is 0 Å². The van der Waals surface area contributed by atoms with Crippen molar-refractivity contribution in [3.63, 3.8) is 0 Å². The molecule has 1 rings (SSSR count). The van der Waals surface area contributed by atoms with Gasteiger partial charge in [0.1, 0.15) is 18.1 Å². The molecule has 10 nitrogen and oxygen atoms in total. The van der Waals surface area contributed by atoms with Gasteiger partial charge >= 0.3 is 5.97 Å². The van der Waals surface area contributed by atoms with Gasteiger partial charge in [0.15, 0.2) is 0 Å². The first kappa shape index (κ1) is 32.4. The molecule has 0 aliphatic heterocycles. The zero-order valence-corrected chi connectivity index (χ0v) is 22.9. The maximum Gasteiger partial charge on any atom is 0.326 e. The van der Waals surface area contributed by atoms with Crippen molar-refractivity contribution in [3.05, 3.63) is 35.9 Å². The number of carbonyl (C=O) groups excluding carboxylic acids is 3. The molecule has 37 heavy (non-hydrogen) atoms. The number of carboxylic acids is 1. The quantitative estimate of drug-likeness (QED) is 0.150. The van der Waals surface area contributed by atoms with Crippen molar-refractivity contribution in [3.8, 4) is 0 Å². The molecule has 0 fully saturated rings. The molecule has 8 N–H and O–H groups in total. The Labute approximate surface area is 224 Å². The lowest BCUT2D eigenvalue weighted by atomic mass is 10.00. The highest BCUT2D eigenvalue weighted by Gasteiger charge is 2.30. The maximum atomic E-state index is 13.3. The molecular weight excluding hydrogens is 494 g/mol. The molecule has 0 unspecified atom stereocenters. The summed E-state index contributed by atoms with van der Waals surface area (Å²) in [7, 11) is 0. The molecule has 0 heterocycles. The molecule has 0 saturated carbocycles. The van der Waals surface area contributed by atoms with Gasteiger partial charge in [0.2, 0.25) is 17.7 Å². The van der Waals surface area contributed by atoms with Crippen LogP contribution in [0.3, 0.4) is 0 Å². The first-order valence-corrected chi connectivity index (χ1v) is 14.1. The number of rotatable bonds is 18. The van der Waals surface area contributed by atoms with Gasteiger partial charge in [-0.15, -0.1) is 0 Å². The van der Waals surface area contributed by atoms with E-state index in [0.29, 0.717) is 38.0 Å². The van der Waals surface area contributed by atoms with Crippen LogP contribution in [0.2, 0.25) is 0 Å². The van der Waals surface area contributed by atoms with Crippen LogP contribution in [0, 0.1) is 5.92 Å². The van der Waals surface area contributed by atoms with E-state index in [4.69, 9.17) is 11.5 Å². The molecule has 1 aromatic carbocycles. The summed E-state index contributed by atoms with van der Waals surface area (Å²) in [5, 5.41) is 17.6. The number of nitrogens with two attached hydrogens (primary N) is 2. The molecule has 1 aromatic rings. The summed E-state index contributed by atoms with van der Waals surface area (Å²) < 4.78 is 0. The van der Waals surface area contributed by atoms with Crippen molar-refractivity contribution in [2.24, 2.45) is 17.4 Å². The van der Waals surface area contributed by atoms with Gasteiger partial charge in [-0.1, -0.05) is 44.2 Å². The second-order valence-corrected chi connectivity index (χ2v) is 10.5. The van der Waals surface area contributed by atoms with Crippen LogP contribution >= 0.6 is 11.8 Å². The second kappa shape index (κ2) is 17.8. The van der Waals surface area contributed by atoms with Gasteiger partial charge in [0.25, 0.3) is 0 Å². The number of nitrogens with one attached hydrogen (secondary N) is 3. The van der Waals surface area contributed by atoms with E-state index in [0.717, 1.165) is 5.56 Å². The van der Waals surface area contributed by atoms with Gasteiger partial charge < -0.3 is 32.5 Å². The molecule has 0 radical (unpaired) electrons. The van der Waals surface area contributed by atoms with Gasteiger partial charge in [-0.3, -0.25) is 14.4 Å². The maximum absolute atomic E-state index is 13.3. The van der Waals surface area contributed by atoms with Gasteiger partial charge in [-0.25, -0.2) is 4.79 Å². The lowest BCUT2D eigenvalue weighted by molar-refractivity contribution is -0.142. The topological polar surface area (TPSA) is 177 Å². The fourth-order valence-corrected chi connectivity index (χ4v) is 4.20. The van der Waals surface area contributed by atoms with Crippen LogP contribution in [-0.4, -0.2) is 71.5 Å². The minimum Gasteiger partial charge on any atom is -0.480 e. The third-order valence-corrected chi connectivity index (χ3v) is 6.43. The van der Waals surface area contributed by atoms with Gasteiger partial charge in [-0.05, 0) is 62.1 Å². The van der Waals surface area contributed by atoms with E-state index in [1.54, 1.807) is 11.8 Å². The number of unbranched alkanes of at least 4 members (excludes halogenated alkanes) is 1. The number of hydrogen-bond donors (Lipinski definition) is 6. The molecular formula is C26H43N5O5S. The molecule has 4 atom stereocenters. The number of aliphatic carboxylic acids is 1. The summed E-state index contributed by atoms with van der Waals surface area (Å²) in [5.74, 6) is -1.91. The molecule has 208 valence electrons. The summed E-state index contributed by atoms with van der Waals surface area (Å²) in [6.07, 6.45) is 4.31. The van der Waals surface area contributed by atoms with E-state index in [9.17, 15) is 24.3 Å². The molecule has 11 heteroatoms. The molecule has 0 aliphatic carbocycles. The number of benzene rings is 1. The Morgan fingerprint density at radius 2 is 1.49 bits per heavy atom. The summed E-state index contributed by atoms with van der Waals surface area (Å²) in [6.45, 7) is 4.27. The van der Waals surface area contributed by atoms with Gasteiger partial charge in [0, 0.05) is 6.42 Å². The number of thioether (sulfide) groups is 1. The summed E-state index contributed by atoms with van der Waals surface area (Å²) in [5.41, 5.74) is 12.3. The number of hydrogen-bond acceptors (Lipinski definition) is 7. The highest BCUT2D eigenvalue weighted by Crippen LogP contribution is 2.10. The normalized spacial score (nSPS) is 14.3. The van der Waals surface area contributed by atoms with E-state index in [1.807, 2.05) is 50.4 Å². The third kappa shape index (κ3) is 12.9. The van der Waals surface area contributed by atoms with Crippen molar-refractivity contribution >= 4 is 35.5 Å². The van der Waals surface area contributed by atoms with Crippen molar-refractivity contribution < 1.29 is 24.3 Å². The van der Waals surface area contributed by atoms with Crippen LogP contribution in [-0.2, 0) is 25.6 Å². The first-order valence-electron chi connectivity index (χ1n) is 12.7. The van der Waals surface area contributed by atoms with Gasteiger partial charge in [0.05, 0.1) is 6.04 Å². The molecule has 3 amide bonds. The third-order valence-electron chi connectivity index (χ3n) is 5.79. The second-order valence-electron chi connectivity index (χ2n) is 9.51. The Kier molecular flexibility index (Phi) is 15.6. The van der Waals surface area contributed by atoms with Gasteiger partial charge in [-0.2, -0.15) is 11.8 Å². The smallest absolute Gasteiger partial charge is 0.326 e. The zero-order chi connectivity index (χ0) is 27.8. The minimum atomic E-state index is -1.15. The fraction of sp³-hybridized carbons (Fsp3) is 0.615. The van der Waals surface area contributed by atoms with Crippen molar-refractivity contribution in [2.75, 3.05) is 18.6 Å². The van der Waals surface area contributed by atoms with Crippen LogP contribution in [0.1, 0.15) is 51.5 Å². The predicted molar refractivity (Wildman–Crippen MR) is 147 cm³/mol. The van der Waals surface area contributed by atoms with Crippen molar-refractivity contribution in [1.29, 1.82) is 0 Å². The number of carboxylic acid groups (broad SMARTS) is 1.